The highest BCUT2D eigenvalue weighted by atomic mass is 19.1. The van der Waals surface area contributed by atoms with E-state index < -0.39 is 17.6 Å². The van der Waals surface area contributed by atoms with Crippen molar-refractivity contribution in [3.8, 4) is 0 Å². The summed E-state index contributed by atoms with van der Waals surface area (Å²) in [6.07, 6.45) is 2.30. The molecule has 20 heavy (non-hydrogen) atoms. The molecule has 0 unspecified atom stereocenters. The van der Waals surface area contributed by atoms with Crippen LogP contribution < -0.4 is 15.5 Å². The predicted molar refractivity (Wildman–Crippen MR) is 71.6 cm³/mol. The number of imide groups is 1. The minimum absolute atomic E-state index is 0.00308. The number of hydrogen-bond acceptors (Lipinski definition) is 4. The summed E-state index contributed by atoms with van der Waals surface area (Å²) in [5, 5.41) is 5.54. The normalized spacial score (nSPS) is 19.1. The molecule has 1 aromatic carbocycles. The Kier molecular flexibility index (Phi) is 3.40. The number of hydrogen-bond donors (Lipinski definition) is 2. The van der Waals surface area contributed by atoms with Gasteiger partial charge in [-0.2, -0.15) is 0 Å². The predicted octanol–water partition coefficient (Wildman–Crippen LogP) is 0.540. The molecular formula is C14H16FN3O2. The number of rotatable bonds is 4. The van der Waals surface area contributed by atoms with Crippen LogP contribution in [-0.4, -0.2) is 30.9 Å². The zero-order valence-corrected chi connectivity index (χ0v) is 11.0. The van der Waals surface area contributed by atoms with Crippen LogP contribution in [0, 0.1) is 5.82 Å². The number of benzene rings is 1. The van der Waals surface area contributed by atoms with Crippen LogP contribution in [0.15, 0.2) is 18.2 Å². The fourth-order valence-electron chi connectivity index (χ4n) is 2.39. The average molecular weight is 277 g/mol. The fourth-order valence-corrected chi connectivity index (χ4v) is 2.39. The summed E-state index contributed by atoms with van der Waals surface area (Å²) in [5.41, 5.74) is 1.13. The highest BCUT2D eigenvalue weighted by Crippen LogP contribution is 2.27. The van der Waals surface area contributed by atoms with Gasteiger partial charge in [0, 0.05) is 12.6 Å². The maximum Gasteiger partial charge on any atom is 0.246 e. The van der Waals surface area contributed by atoms with E-state index in [4.69, 9.17) is 0 Å². The van der Waals surface area contributed by atoms with E-state index in [9.17, 15) is 14.0 Å². The van der Waals surface area contributed by atoms with Crippen molar-refractivity contribution in [3.63, 3.8) is 0 Å². The van der Waals surface area contributed by atoms with Gasteiger partial charge in [-0.3, -0.25) is 14.9 Å². The third-order valence-electron chi connectivity index (χ3n) is 3.49. The number of nitrogens with one attached hydrogen (secondary N) is 2. The number of piperazine rings is 1. The zero-order valence-electron chi connectivity index (χ0n) is 11.0. The Bertz CT molecular complexity index is 541. The van der Waals surface area contributed by atoms with Crippen LogP contribution in [0.5, 0.6) is 0 Å². The first-order valence-corrected chi connectivity index (χ1v) is 6.72. The average Bonchev–Trinajstić information content (AvgIpc) is 3.19. The molecule has 1 aromatic rings. The van der Waals surface area contributed by atoms with Gasteiger partial charge in [0.15, 0.2) is 0 Å². The smallest absolute Gasteiger partial charge is 0.246 e. The molecule has 0 atom stereocenters. The number of nitrogens with zero attached hydrogens (tertiary/aromatic N) is 1. The van der Waals surface area contributed by atoms with Gasteiger partial charge in [-0.25, -0.2) is 4.39 Å². The van der Waals surface area contributed by atoms with Crippen LogP contribution >= 0.6 is 0 Å². The molecule has 1 aliphatic heterocycles. The van der Waals surface area contributed by atoms with Crippen LogP contribution in [0.2, 0.25) is 0 Å². The standard InChI is InChI=1S/C14H16FN3O2/c15-11-3-1-2-9(6-16-10-4-5-10)14(11)18-7-12(19)17-13(20)8-18/h1-3,10,16H,4-8H2,(H,17,19,20). The molecule has 1 heterocycles. The minimum atomic E-state index is -0.400. The van der Waals surface area contributed by atoms with Crippen molar-refractivity contribution >= 4 is 17.5 Å². The maximum atomic E-state index is 14.1. The summed E-state index contributed by atoms with van der Waals surface area (Å²) in [4.78, 5) is 24.4. The molecular weight excluding hydrogens is 261 g/mol. The second kappa shape index (κ2) is 5.20. The van der Waals surface area contributed by atoms with Gasteiger partial charge in [0.05, 0.1) is 18.8 Å². The van der Waals surface area contributed by atoms with Crippen molar-refractivity contribution in [3.05, 3.63) is 29.6 Å². The Hall–Kier alpha value is -1.95. The van der Waals surface area contributed by atoms with Gasteiger partial charge in [-0.05, 0) is 24.5 Å². The first-order chi connectivity index (χ1) is 9.63. The van der Waals surface area contributed by atoms with Gasteiger partial charge in [-0.1, -0.05) is 12.1 Å². The van der Waals surface area contributed by atoms with Gasteiger partial charge < -0.3 is 10.2 Å². The van der Waals surface area contributed by atoms with Gasteiger partial charge >= 0.3 is 0 Å². The SMILES string of the molecule is O=C1CN(c2c(F)cccc2CNC2CC2)CC(=O)N1. The summed E-state index contributed by atoms with van der Waals surface area (Å²) in [7, 11) is 0. The van der Waals surface area contributed by atoms with Gasteiger partial charge in [-0.15, -0.1) is 0 Å². The highest BCUT2D eigenvalue weighted by molar-refractivity contribution is 6.02. The van der Waals surface area contributed by atoms with Crippen molar-refractivity contribution in [2.75, 3.05) is 18.0 Å². The summed E-state index contributed by atoms with van der Waals surface area (Å²) in [6.45, 7) is 0.552. The summed E-state index contributed by atoms with van der Waals surface area (Å²) < 4.78 is 14.1. The third kappa shape index (κ3) is 2.80. The lowest BCUT2D eigenvalue weighted by atomic mass is 10.1. The molecule has 2 fully saturated rings. The van der Waals surface area contributed by atoms with Crippen molar-refractivity contribution < 1.29 is 14.0 Å². The lowest BCUT2D eigenvalue weighted by molar-refractivity contribution is -0.130. The third-order valence-corrected chi connectivity index (χ3v) is 3.49. The second-order valence-electron chi connectivity index (χ2n) is 5.23. The number of amides is 2. The molecule has 1 saturated carbocycles. The lowest BCUT2D eigenvalue weighted by Gasteiger charge is -2.29. The molecule has 0 spiro atoms. The largest absolute Gasteiger partial charge is 0.350 e. The number of carbonyl (C=O) groups is 2. The van der Waals surface area contributed by atoms with E-state index in [0.29, 0.717) is 18.3 Å². The summed E-state index contributed by atoms with van der Waals surface area (Å²) in [6, 6.07) is 5.34. The van der Waals surface area contributed by atoms with Crippen LogP contribution in [0.3, 0.4) is 0 Å². The zero-order chi connectivity index (χ0) is 14.1. The summed E-state index contributed by atoms with van der Waals surface area (Å²) >= 11 is 0. The molecule has 2 aliphatic rings. The van der Waals surface area contributed by atoms with Crippen molar-refractivity contribution in [2.24, 2.45) is 0 Å². The molecule has 1 aliphatic carbocycles. The lowest BCUT2D eigenvalue weighted by Crippen LogP contribution is -2.52. The Balaban J connectivity index is 1.85. The highest BCUT2D eigenvalue weighted by Gasteiger charge is 2.27. The van der Waals surface area contributed by atoms with Crippen LogP contribution in [0.25, 0.3) is 0 Å². The monoisotopic (exact) mass is 277 g/mol. The Morgan fingerprint density at radius 2 is 1.95 bits per heavy atom. The number of carbonyl (C=O) groups excluding carboxylic acids is 2. The molecule has 2 amide bonds. The van der Waals surface area contributed by atoms with Crippen molar-refractivity contribution in [1.82, 2.24) is 10.6 Å². The minimum Gasteiger partial charge on any atom is -0.350 e. The fraction of sp³-hybridized carbons (Fsp3) is 0.429. The molecule has 5 nitrogen and oxygen atoms in total. The topological polar surface area (TPSA) is 61.4 Å². The number of para-hydroxylation sites is 1. The van der Waals surface area contributed by atoms with E-state index in [1.165, 1.54) is 11.0 Å². The Morgan fingerprint density at radius 3 is 2.60 bits per heavy atom. The number of halogens is 1. The molecule has 2 N–H and O–H groups in total. The van der Waals surface area contributed by atoms with E-state index in [2.05, 4.69) is 10.6 Å². The van der Waals surface area contributed by atoms with Crippen molar-refractivity contribution in [2.45, 2.75) is 25.4 Å². The first kappa shape index (κ1) is 13.1. The van der Waals surface area contributed by atoms with E-state index >= 15 is 0 Å². The van der Waals surface area contributed by atoms with E-state index in [1.54, 1.807) is 6.07 Å². The quantitative estimate of drug-likeness (QED) is 0.789. The first-order valence-electron chi connectivity index (χ1n) is 6.72. The Labute approximate surface area is 116 Å². The number of anilines is 1. The van der Waals surface area contributed by atoms with Gasteiger partial charge in [0.25, 0.3) is 0 Å². The molecule has 3 rings (SSSR count). The van der Waals surface area contributed by atoms with E-state index in [1.807, 2.05) is 6.07 Å². The van der Waals surface area contributed by atoms with Crippen molar-refractivity contribution in [1.29, 1.82) is 0 Å². The van der Waals surface area contributed by atoms with Crippen LogP contribution in [0.4, 0.5) is 10.1 Å². The summed E-state index contributed by atoms with van der Waals surface area (Å²) in [5.74, 6) is -1.20. The maximum absolute atomic E-state index is 14.1. The molecule has 106 valence electrons. The van der Waals surface area contributed by atoms with Gasteiger partial charge in [0.2, 0.25) is 11.8 Å². The van der Waals surface area contributed by atoms with Crippen LogP contribution in [0.1, 0.15) is 18.4 Å². The Morgan fingerprint density at radius 1 is 1.25 bits per heavy atom. The molecule has 0 aromatic heterocycles. The molecule has 0 radical (unpaired) electrons. The van der Waals surface area contributed by atoms with E-state index in [0.717, 1.165) is 18.4 Å². The van der Waals surface area contributed by atoms with Gasteiger partial charge in [0.1, 0.15) is 5.82 Å². The van der Waals surface area contributed by atoms with Crippen LogP contribution in [-0.2, 0) is 16.1 Å². The molecule has 6 heteroatoms. The second-order valence-corrected chi connectivity index (χ2v) is 5.23. The van der Waals surface area contributed by atoms with E-state index in [-0.39, 0.29) is 13.1 Å². The molecule has 0 bridgehead atoms. The molecule has 1 saturated heterocycles.